The predicted molar refractivity (Wildman–Crippen MR) is 171 cm³/mol. The van der Waals surface area contributed by atoms with Gasteiger partial charge in [0.1, 0.15) is 24.1 Å². The number of thioether (sulfide) groups is 1. The molecule has 2 amide bonds. The maximum absolute atomic E-state index is 14.1. The topological polar surface area (TPSA) is 105 Å². The first-order valence-corrected chi connectivity index (χ1v) is 16.8. The molecule has 3 aromatic carbocycles. The molecule has 1 N–H and O–H groups in total. The van der Waals surface area contributed by atoms with Crippen LogP contribution in [0.3, 0.4) is 0 Å². The molecule has 3 aromatic rings. The standard InChI is InChI=1S/C32H41N3O6S2/c1-7-41-28-14-10-26(11-15-28)35(43(38,39)30-18-16-29(42-6)17-19-30)22-31(36)34(24(4)32(37)33-20-23(2)3)21-25-8-12-27(40-5)13-9-25/h8-19,23-24H,7,20-22H2,1-6H3,(H,33,37)/t24-/m0/s1. The summed E-state index contributed by atoms with van der Waals surface area (Å²) in [4.78, 5) is 29.6. The highest BCUT2D eigenvalue weighted by atomic mass is 32.2. The Kier molecular flexibility index (Phi) is 12.3. The molecule has 0 aromatic heterocycles. The van der Waals surface area contributed by atoms with Gasteiger partial charge in [-0.3, -0.25) is 13.9 Å². The zero-order valence-corrected chi connectivity index (χ0v) is 27.2. The van der Waals surface area contributed by atoms with Gasteiger partial charge in [-0.05, 0) is 92.2 Å². The number of ether oxygens (including phenoxy) is 2. The van der Waals surface area contributed by atoms with E-state index in [-0.39, 0.29) is 23.3 Å². The molecule has 232 valence electrons. The summed E-state index contributed by atoms with van der Waals surface area (Å²) in [6.07, 6.45) is 1.91. The maximum Gasteiger partial charge on any atom is 0.264 e. The lowest BCUT2D eigenvalue weighted by atomic mass is 10.1. The predicted octanol–water partition coefficient (Wildman–Crippen LogP) is 5.20. The van der Waals surface area contributed by atoms with Crippen molar-refractivity contribution in [3.05, 3.63) is 78.4 Å². The second kappa shape index (κ2) is 15.7. The van der Waals surface area contributed by atoms with Crippen LogP contribution in [0, 0.1) is 5.92 Å². The first kappa shape index (κ1) is 33.8. The van der Waals surface area contributed by atoms with Gasteiger partial charge in [-0.25, -0.2) is 8.42 Å². The van der Waals surface area contributed by atoms with Crippen LogP contribution in [0.1, 0.15) is 33.3 Å². The van der Waals surface area contributed by atoms with Gasteiger partial charge in [0.05, 0.1) is 24.3 Å². The van der Waals surface area contributed by atoms with E-state index in [1.807, 2.05) is 39.2 Å². The zero-order valence-electron chi connectivity index (χ0n) is 25.6. The SMILES string of the molecule is CCOc1ccc(N(CC(=O)N(Cc2ccc(OC)cc2)[C@@H](C)C(=O)NCC(C)C)S(=O)(=O)c2ccc(SC)cc2)cc1. The highest BCUT2D eigenvalue weighted by molar-refractivity contribution is 7.98. The molecule has 0 saturated carbocycles. The summed E-state index contributed by atoms with van der Waals surface area (Å²) in [6.45, 7) is 7.96. The smallest absolute Gasteiger partial charge is 0.264 e. The van der Waals surface area contributed by atoms with Gasteiger partial charge >= 0.3 is 0 Å². The molecule has 1 atom stereocenters. The first-order valence-electron chi connectivity index (χ1n) is 14.1. The third kappa shape index (κ3) is 9.14. The van der Waals surface area contributed by atoms with Crippen molar-refractivity contribution in [3.63, 3.8) is 0 Å². The molecular formula is C32H41N3O6S2. The Morgan fingerprint density at radius 2 is 1.51 bits per heavy atom. The lowest BCUT2D eigenvalue weighted by Gasteiger charge is -2.32. The van der Waals surface area contributed by atoms with Crippen molar-refractivity contribution in [1.29, 1.82) is 0 Å². The van der Waals surface area contributed by atoms with E-state index in [4.69, 9.17) is 9.47 Å². The van der Waals surface area contributed by atoms with Gasteiger partial charge < -0.3 is 19.7 Å². The summed E-state index contributed by atoms with van der Waals surface area (Å²) in [5.74, 6) is 0.611. The molecular weight excluding hydrogens is 587 g/mol. The molecule has 0 saturated heterocycles. The lowest BCUT2D eigenvalue weighted by molar-refractivity contribution is -0.139. The number of nitrogens with one attached hydrogen (secondary N) is 1. The van der Waals surface area contributed by atoms with Crippen LogP contribution < -0.4 is 19.1 Å². The number of methoxy groups -OCH3 is 1. The number of carbonyl (C=O) groups is 2. The highest BCUT2D eigenvalue weighted by Crippen LogP contribution is 2.28. The van der Waals surface area contributed by atoms with Crippen molar-refractivity contribution in [2.45, 2.75) is 50.1 Å². The second-order valence-corrected chi connectivity index (χ2v) is 13.0. The number of rotatable bonds is 15. The van der Waals surface area contributed by atoms with Crippen molar-refractivity contribution >= 4 is 39.3 Å². The lowest BCUT2D eigenvalue weighted by Crippen LogP contribution is -2.51. The van der Waals surface area contributed by atoms with Gasteiger partial charge in [-0.15, -0.1) is 11.8 Å². The second-order valence-electron chi connectivity index (χ2n) is 10.3. The molecule has 0 fully saturated rings. The first-order chi connectivity index (χ1) is 20.5. The van der Waals surface area contributed by atoms with Gasteiger partial charge in [0.25, 0.3) is 10.0 Å². The van der Waals surface area contributed by atoms with E-state index in [1.165, 1.54) is 28.8 Å². The highest BCUT2D eigenvalue weighted by Gasteiger charge is 2.32. The van der Waals surface area contributed by atoms with Crippen LogP contribution in [-0.2, 0) is 26.2 Å². The van der Waals surface area contributed by atoms with E-state index >= 15 is 0 Å². The molecule has 0 unspecified atom stereocenters. The average Bonchev–Trinajstić information content (AvgIpc) is 3.01. The molecule has 0 aliphatic carbocycles. The van der Waals surface area contributed by atoms with E-state index in [2.05, 4.69) is 5.32 Å². The fraction of sp³-hybridized carbons (Fsp3) is 0.375. The Hall–Kier alpha value is -3.70. The summed E-state index contributed by atoms with van der Waals surface area (Å²) < 4.78 is 39.9. The molecule has 0 heterocycles. The number of carbonyl (C=O) groups excluding carboxylic acids is 2. The van der Waals surface area contributed by atoms with E-state index in [1.54, 1.807) is 62.6 Å². The van der Waals surface area contributed by atoms with Gasteiger partial charge in [0.2, 0.25) is 11.8 Å². The maximum atomic E-state index is 14.1. The van der Waals surface area contributed by atoms with Crippen LogP contribution >= 0.6 is 11.8 Å². The van der Waals surface area contributed by atoms with E-state index in [9.17, 15) is 18.0 Å². The summed E-state index contributed by atoms with van der Waals surface area (Å²) in [6, 6.07) is 19.4. The van der Waals surface area contributed by atoms with Gasteiger partial charge in [-0.2, -0.15) is 0 Å². The van der Waals surface area contributed by atoms with Crippen LogP contribution in [0.2, 0.25) is 0 Å². The Morgan fingerprint density at radius 3 is 2.05 bits per heavy atom. The Bertz CT molecular complexity index is 1440. The van der Waals surface area contributed by atoms with Crippen LogP contribution in [0.4, 0.5) is 5.69 Å². The number of hydrogen-bond donors (Lipinski definition) is 1. The normalized spacial score (nSPS) is 12.0. The largest absolute Gasteiger partial charge is 0.497 e. The Balaban J connectivity index is 2.02. The summed E-state index contributed by atoms with van der Waals surface area (Å²) in [7, 11) is -2.60. The number of amides is 2. The fourth-order valence-corrected chi connectivity index (χ4v) is 6.06. The van der Waals surface area contributed by atoms with Crippen LogP contribution in [-0.4, -0.2) is 64.2 Å². The average molecular weight is 628 g/mol. The van der Waals surface area contributed by atoms with Gasteiger partial charge in [0.15, 0.2) is 0 Å². The summed E-state index contributed by atoms with van der Waals surface area (Å²) >= 11 is 1.50. The van der Waals surface area contributed by atoms with Crippen LogP contribution in [0.25, 0.3) is 0 Å². The summed E-state index contributed by atoms with van der Waals surface area (Å²) in [5.41, 5.74) is 1.06. The number of benzene rings is 3. The molecule has 43 heavy (non-hydrogen) atoms. The number of nitrogens with zero attached hydrogens (tertiary/aromatic N) is 2. The van der Waals surface area contributed by atoms with Crippen molar-refractivity contribution < 1.29 is 27.5 Å². The van der Waals surface area contributed by atoms with E-state index < -0.39 is 28.5 Å². The van der Waals surface area contributed by atoms with Crippen molar-refractivity contribution in [1.82, 2.24) is 10.2 Å². The third-order valence-corrected chi connectivity index (χ3v) is 9.26. The molecule has 0 radical (unpaired) electrons. The molecule has 0 bridgehead atoms. The minimum atomic E-state index is -4.16. The quantitative estimate of drug-likeness (QED) is 0.231. The van der Waals surface area contributed by atoms with E-state index in [0.29, 0.717) is 30.3 Å². The Morgan fingerprint density at radius 1 is 0.907 bits per heavy atom. The van der Waals surface area contributed by atoms with Gasteiger partial charge in [0, 0.05) is 18.0 Å². The zero-order chi connectivity index (χ0) is 31.6. The van der Waals surface area contributed by atoms with Crippen LogP contribution in [0.5, 0.6) is 11.5 Å². The third-order valence-electron chi connectivity index (χ3n) is 6.73. The fourth-order valence-electron chi connectivity index (χ4n) is 4.24. The van der Waals surface area contributed by atoms with E-state index in [0.717, 1.165) is 14.8 Å². The monoisotopic (exact) mass is 627 g/mol. The minimum Gasteiger partial charge on any atom is -0.497 e. The molecule has 0 aliphatic rings. The molecule has 3 rings (SSSR count). The number of sulfonamides is 1. The van der Waals surface area contributed by atoms with Crippen LogP contribution in [0.15, 0.2) is 82.6 Å². The molecule has 0 aliphatic heterocycles. The Labute approximate surface area is 259 Å². The minimum absolute atomic E-state index is 0.0522. The molecule has 9 nitrogen and oxygen atoms in total. The van der Waals surface area contributed by atoms with Crippen molar-refractivity contribution in [3.8, 4) is 11.5 Å². The van der Waals surface area contributed by atoms with Crippen molar-refractivity contribution in [2.24, 2.45) is 5.92 Å². The van der Waals surface area contributed by atoms with Crippen molar-refractivity contribution in [2.75, 3.05) is 37.4 Å². The molecule has 11 heteroatoms. The molecule has 0 spiro atoms. The van der Waals surface area contributed by atoms with Gasteiger partial charge in [-0.1, -0.05) is 26.0 Å². The number of anilines is 1. The summed E-state index contributed by atoms with van der Waals surface area (Å²) in [5, 5.41) is 2.89. The number of hydrogen-bond acceptors (Lipinski definition) is 7.